The molecule has 0 radical (unpaired) electrons. The molecule has 0 aromatic carbocycles. The lowest BCUT2D eigenvalue weighted by Gasteiger charge is -2.13. The van der Waals surface area contributed by atoms with Crippen LogP contribution in [0, 0.1) is 6.92 Å². The first-order valence-corrected chi connectivity index (χ1v) is 8.09. The molecule has 2 heteroatoms. The first-order valence-electron chi connectivity index (χ1n) is 8.09. The van der Waals surface area contributed by atoms with E-state index in [1.807, 2.05) is 0 Å². The van der Waals surface area contributed by atoms with Crippen LogP contribution in [0.1, 0.15) is 63.2 Å². The van der Waals surface area contributed by atoms with Crippen LogP contribution < -0.4 is 0 Å². The summed E-state index contributed by atoms with van der Waals surface area (Å²) in [5.74, 6) is 0.450. The second-order valence-corrected chi connectivity index (χ2v) is 6.07. The third-order valence-electron chi connectivity index (χ3n) is 4.10. The second-order valence-electron chi connectivity index (χ2n) is 6.07. The van der Waals surface area contributed by atoms with Crippen LogP contribution in [-0.2, 0) is 6.42 Å². The molecular formula is C20H26N2. The van der Waals surface area contributed by atoms with Gasteiger partial charge in [0.05, 0.1) is 11.4 Å². The highest BCUT2D eigenvalue weighted by atomic mass is 14.8. The van der Waals surface area contributed by atoms with Crippen molar-refractivity contribution in [2.24, 2.45) is 0 Å². The van der Waals surface area contributed by atoms with Gasteiger partial charge in [-0.3, -0.25) is 4.98 Å². The van der Waals surface area contributed by atoms with Gasteiger partial charge < -0.3 is 0 Å². The molecule has 116 valence electrons. The van der Waals surface area contributed by atoms with Crippen molar-refractivity contribution in [3.63, 3.8) is 0 Å². The zero-order chi connectivity index (χ0) is 16.3. The van der Waals surface area contributed by atoms with Crippen LogP contribution in [0.4, 0.5) is 0 Å². The molecule has 2 nitrogen and oxygen atoms in total. The highest BCUT2D eigenvalue weighted by Crippen LogP contribution is 2.26. The summed E-state index contributed by atoms with van der Waals surface area (Å²) in [6.07, 6.45) is 3.03. The van der Waals surface area contributed by atoms with Gasteiger partial charge >= 0.3 is 0 Å². The zero-order valence-electron chi connectivity index (χ0n) is 14.6. The van der Waals surface area contributed by atoms with Gasteiger partial charge in [0, 0.05) is 17.0 Å². The van der Waals surface area contributed by atoms with Crippen molar-refractivity contribution in [1.29, 1.82) is 0 Å². The Labute approximate surface area is 134 Å². The van der Waals surface area contributed by atoms with Crippen molar-refractivity contribution in [1.82, 2.24) is 9.97 Å². The van der Waals surface area contributed by atoms with E-state index in [0.717, 1.165) is 34.8 Å². The quantitative estimate of drug-likeness (QED) is 0.737. The Balaban J connectivity index is 2.57. The molecule has 0 spiro atoms. The van der Waals surface area contributed by atoms with Crippen LogP contribution in [-0.4, -0.2) is 9.97 Å². The SMILES string of the molecule is C/C=C(/C)c1nc(-c2ccc(C(C)C)nc2CC)ccc1C. The van der Waals surface area contributed by atoms with Crippen LogP contribution in [0.2, 0.25) is 0 Å². The smallest absolute Gasteiger partial charge is 0.0727 e. The van der Waals surface area contributed by atoms with E-state index in [4.69, 9.17) is 9.97 Å². The molecule has 22 heavy (non-hydrogen) atoms. The molecule has 2 rings (SSSR count). The van der Waals surface area contributed by atoms with Crippen molar-refractivity contribution >= 4 is 5.57 Å². The van der Waals surface area contributed by atoms with E-state index in [1.54, 1.807) is 0 Å². The van der Waals surface area contributed by atoms with E-state index >= 15 is 0 Å². The van der Waals surface area contributed by atoms with Crippen LogP contribution in [0.25, 0.3) is 16.8 Å². The average molecular weight is 294 g/mol. The van der Waals surface area contributed by atoms with Crippen molar-refractivity contribution in [2.45, 2.75) is 53.9 Å². The van der Waals surface area contributed by atoms with E-state index in [9.17, 15) is 0 Å². The van der Waals surface area contributed by atoms with Gasteiger partial charge in [0.2, 0.25) is 0 Å². The van der Waals surface area contributed by atoms with Crippen molar-refractivity contribution in [2.75, 3.05) is 0 Å². The minimum atomic E-state index is 0.450. The standard InChI is InChI=1S/C20H26N2/c1-7-14(5)20-15(6)9-11-19(22-20)16-10-12-18(13(3)4)21-17(16)8-2/h7,9-13H,8H2,1-6H3/b14-7-. The Morgan fingerprint density at radius 3 is 2.45 bits per heavy atom. The molecule has 0 aliphatic carbocycles. The number of nitrogens with zero attached hydrogens (tertiary/aromatic N) is 2. The summed E-state index contributed by atoms with van der Waals surface area (Å²) >= 11 is 0. The minimum Gasteiger partial charge on any atom is -0.257 e. The lowest BCUT2D eigenvalue weighted by atomic mass is 10.0. The maximum atomic E-state index is 4.89. The Bertz CT molecular complexity index is 697. The second kappa shape index (κ2) is 6.87. The minimum absolute atomic E-state index is 0.450. The third-order valence-corrected chi connectivity index (χ3v) is 4.10. The molecule has 0 N–H and O–H groups in total. The van der Waals surface area contributed by atoms with E-state index in [1.165, 1.54) is 11.1 Å². The number of hydrogen-bond donors (Lipinski definition) is 0. The Hall–Kier alpha value is -1.96. The summed E-state index contributed by atoms with van der Waals surface area (Å²) in [5, 5.41) is 0. The number of hydrogen-bond acceptors (Lipinski definition) is 2. The summed E-state index contributed by atoms with van der Waals surface area (Å²) in [5.41, 5.74) is 7.95. The summed E-state index contributed by atoms with van der Waals surface area (Å²) in [6, 6.07) is 8.56. The molecule has 0 atom stereocenters. The van der Waals surface area contributed by atoms with Gasteiger partial charge in [-0.2, -0.15) is 0 Å². The van der Waals surface area contributed by atoms with E-state index in [2.05, 4.69) is 71.9 Å². The Kier molecular flexibility index (Phi) is 5.12. The fourth-order valence-electron chi connectivity index (χ4n) is 2.56. The lowest BCUT2D eigenvalue weighted by molar-refractivity contribution is 0.807. The largest absolute Gasteiger partial charge is 0.257 e. The maximum Gasteiger partial charge on any atom is 0.0727 e. The molecule has 2 aromatic heterocycles. The normalized spacial score (nSPS) is 12.0. The van der Waals surface area contributed by atoms with Gasteiger partial charge in [0.25, 0.3) is 0 Å². The van der Waals surface area contributed by atoms with Crippen molar-refractivity contribution in [3.8, 4) is 11.3 Å². The maximum absolute atomic E-state index is 4.89. The molecule has 0 unspecified atom stereocenters. The van der Waals surface area contributed by atoms with Gasteiger partial charge in [0.15, 0.2) is 0 Å². The van der Waals surface area contributed by atoms with Gasteiger partial charge in [-0.05, 0) is 62.4 Å². The molecule has 0 fully saturated rings. The van der Waals surface area contributed by atoms with Gasteiger partial charge in [0.1, 0.15) is 0 Å². The summed E-state index contributed by atoms with van der Waals surface area (Å²) in [7, 11) is 0. The van der Waals surface area contributed by atoms with Crippen LogP contribution in [0.3, 0.4) is 0 Å². The van der Waals surface area contributed by atoms with E-state index in [-0.39, 0.29) is 0 Å². The third kappa shape index (κ3) is 3.27. The highest BCUT2D eigenvalue weighted by molar-refractivity contribution is 5.69. The zero-order valence-corrected chi connectivity index (χ0v) is 14.6. The molecule has 0 aliphatic rings. The molecule has 0 saturated heterocycles. The summed E-state index contributed by atoms with van der Waals surface area (Å²) in [6.45, 7) is 12.8. The van der Waals surface area contributed by atoms with Gasteiger partial charge in [-0.1, -0.05) is 32.9 Å². The fraction of sp³-hybridized carbons (Fsp3) is 0.400. The Morgan fingerprint density at radius 2 is 1.86 bits per heavy atom. The fourth-order valence-corrected chi connectivity index (χ4v) is 2.56. The molecule has 0 aliphatic heterocycles. The topological polar surface area (TPSA) is 25.8 Å². The number of pyridine rings is 2. The highest BCUT2D eigenvalue weighted by Gasteiger charge is 2.12. The average Bonchev–Trinajstić information content (AvgIpc) is 2.54. The first kappa shape index (κ1) is 16.4. The predicted molar refractivity (Wildman–Crippen MR) is 95.0 cm³/mol. The van der Waals surface area contributed by atoms with E-state index < -0.39 is 0 Å². The van der Waals surface area contributed by atoms with E-state index in [0.29, 0.717) is 5.92 Å². The number of rotatable bonds is 4. The van der Waals surface area contributed by atoms with Crippen LogP contribution >= 0.6 is 0 Å². The van der Waals surface area contributed by atoms with Crippen molar-refractivity contribution in [3.05, 3.63) is 53.0 Å². The number of aryl methyl sites for hydroxylation is 2. The molecule has 0 saturated carbocycles. The molecular weight excluding hydrogens is 268 g/mol. The molecule has 0 amide bonds. The van der Waals surface area contributed by atoms with Crippen LogP contribution in [0.15, 0.2) is 30.3 Å². The molecule has 0 bridgehead atoms. The van der Waals surface area contributed by atoms with Gasteiger partial charge in [-0.25, -0.2) is 4.98 Å². The summed E-state index contributed by atoms with van der Waals surface area (Å²) < 4.78 is 0. The Morgan fingerprint density at radius 1 is 1.14 bits per heavy atom. The lowest BCUT2D eigenvalue weighted by Crippen LogP contribution is -2.01. The first-order chi connectivity index (χ1) is 10.5. The monoisotopic (exact) mass is 294 g/mol. The van der Waals surface area contributed by atoms with Crippen LogP contribution in [0.5, 0.6) is 0 Å². The van der Waals surface area contributed by atoms with Crippen molar-refractivity contribution < 1.29 is 0 Å². The molecule has 2 aromatic rings. The number of allylic oxidation sites excluding steroid dienone is 2. The summed E-state index contributed by atoms with van der Waals surface area (Å²) in [4.78, 5) is 9.72. The number of aromatic nitrogens is 2. The molecule has 2 heterocycles. The van der Waals surface area contributed by atoms with Gasteiger partial charge in [-0.15, -0.1) is 0 Å². The predicted octanol–water partition coefficient (Wildman–Crippen LogP) is 5.56.